The van der Waals surface area contributed by atoms with Gasteiger partial charge in [0.1, 0.15) is 0 Å². The molecule has 0 saturated heterocycles. The molecule has 1 aromatic carbocycles. The van der Waals surface area contributed by atoms with Crippen molar-refractivity contribution in [3.8, 4) is 0 Å². The summed E-state index contributed by atoms with van der Waals surface area (Å²) in [6.07, 6.45) is -0.532. The van der Waals surface area contributed by atoms with Crippen molar-refractivity contribution in [1.29, 1.82) is 0 Å². The molecule has 0 aromatic heterocycles. The Kier molecular flexibility index (Phi) is 7.03. The zero-order chi connectivity index (χ0) is 15.9. The molecule has 0 aliphatic heterocycles. The van der Waals surface area contributed by atoms with Gasteiger partial charge in [0.2, 0.25) is 14.6 Å². The Morgan fingerprint density at radius 3 is 2.19 bits per heavy atom. The largest absolute Gasteiger partial charge is 0.382 e. The normalized spacial score (nSPS) is 14.2. The molecular weight excluding hydrogens is 284 g/mol. The van der Waals surface area contributed by atoms with Crippen LogP contribution in [0.1, 0.15) is 32.6 Å². The highest BCUT2D eigenvalue weighted by Crippen LogP contribution is 2.37. The Morgan fingerprint density at radius 2 is 1.67 bits per heavy atom. The van der Waals surface area contributed by atoms with Crippen molar-refractivity contribution in [2.75, 3.05) is 20.3 Å². The van der Waals surface area contributed by atoms with Gasteiger partial charge in [0.05, 0.1) is 13.2 Å². The van der Waals surface area contributed by atoms with Gasteiger partial charge in [-0.15, -0.1) is 0 Å². The van der Waals surface area contributed by atoms with Crippen LogP contribution in [0.15, 0.2) is 30.3 Å². The van der Waals surface area contributed by atoms with Crippen molar-refractivity contribution in [2.45, 2.75) is 45.2 Å². The lowest BCUT2D eigenvalue weighted by Crippen LogP contribution is -2.41. The fourth-order valence-electron chi connectivity index (χ4n) is 1.32. The van der Waals surface area contributed by atoms with Crippen LogP contribution in [0.4, 0.5) is 0 Å². The molecular formula is C16H28O4Si. The lowest BCUT2D eigenvalue weighted by Gasteiger charge is -2.35. The molecule has 5 heteroatoms. The van der Waals surface area contributed by atoms with Gasteiger partial charge in [0, 0.05) is 12.7 Å². The second kappa shape index (κ2) is 8.05. The van der Waals surface area contributed by atoms with Gasteiger partial charge in [-0.3, -0.25) is 4.58 Å². The second-order valence-electron chi connectivity index (χ2n) is 6.55. The SMILES string of the molecule is COCCOC(OO[Si](C)(C)C(C)(C)C)c1ccccc1. The predicted octanol–water partition coefficient (Wildman–Crippen LogP) is 4.30. The number of methoxy groups -OCH3 is 1. The van der Waals surface area contributed by atoms with Crippen LogP contribution in [0.25, 0.3) is 0 Å². The van der Waals surface area contributed by atoms with Crippen LogP contribution in [0, 0.1) is 0 Å². The molecule has 120 valence electrons. The van der Waals surface area contributed by atoms with Crippen LogP contribution in [0.3, 0.4) is 0 Å². The van der Waals surface area contributed by atoms with Gasteiger partial charge in [-0.1, -0.05) is 51.1 Å². The summed E-state index contributed by atoms with van der Waals surface area (Å²) < 4.78 is 16.6. The van der Waals surface area contributed by atoms with E-state index in [4.69, 9.17) is 18.9 Å². The highest BCUT2D eigenvalue weighted by Gasteiger charge is 2.39. The second-order valence-corrected chi connectivity index (χ2v) is 11.2. The van der Waals surface area contributed by atoms with Crippen LogP contribution >= 0.6 is 0 Å². The van der Waals surface area contributed by atoms with E-state index in [1.807, 2.05) is 30.3 Å². The minimum Gasteiger partial charge on any atom is -0.382 e. The van der Waals surface area contributed by atoms with Crippen LogP contribution < -0.4 is 0 Å². The zero-order valence-corrected chi connectivity index (χ0v) is 15.0. The lowest BCUT2D eigenvalue weighted by molar-refractivity contribution is -0.335. The number of hydrogen-bond acceptors (Lipinski definition) is 4. The maximum Gasteiger partial charge on any atom is 0.238 e. The van der Waals surface area contributed by atoms with Gasteiger partial charge in [-0.2, -0.15) is 0 Å². The Labute approximate surface area is 129 Å². The lowest BCUT2D eigenvalue weighted by atomic mass is 10.2. The quantitative estimate of drug-likeness (QED) is 0.236. The minimum absolute atomic E-state index is 0.0841. The molecule has 1 rings (SSSR count). The molecule has 1 unspecified atom stereocenters. The van der Waals surface area contributed by atoms with E-state index < -0.39 is 14.6 Å². The monoisotopic (exact) mass is 312 g/mol. The van der Waals surface area contributed by atoms with Crippen molar-refractivity contribution < 1.29 is 18.9 Å². The first kappa shape index (κ1) is 18.3. The van der Waals surface area contributed by atoms with Gasteiger partial charge in [0.15, 0.2) is 0 Å². The van der Waals surface area contributed by atoms with Gasteiger partial charge in [-0.25, -0.2) is 4.89 Å². The smallest absolute Gasteiger partial charge is 0.238 e. The van der Waals surface area contributed by atoms with Gasteiger partial charge < -0.3 is 9.47 Å². The Morgan fingerprint density at radius 1 is 1.05 bits per heavy atom. The number of benzene rings is 1. The molecule has 0 spiro atoms. The number of rotatable bonds is 8. The summed E-state index contributed by atoms with van der Waals surface area (Å²) in [5.41, 5.74) is 0.937. The summed E-state index contributed by atoms with van der Waals surface area (Å²) in [6.45, 7) is 11.8. The van der Waals surface area contributed by atoms with Gasteiger partial charge in [0.25, 0.3) is 0 Å². The van der Waals surface area contributed by atoms with Crippen LogP contribution in [0.5, 0.6) is 0 Å². The molecule has 0 radical (unpaired) electrons. The maximum atomic E-state index is 5.81. The van der Waals surface area contributed by atoms with Crippen molar-refractivity contribution in [3.63, 3.8) is 0 Å². The molecule has 0 aliphatic carbocycles. The van der Waals surface area contributed by atoms with Crippen molar-refractivity contribution >= 4 is 8.32 Å². The zero-order valence-electron chi connectivity index (χ0n) is 14.0. The van der Waals surface area contributed by atoms with Gasteiger partial charge >= 0.3 is 0 Å². The summed E-state index contributed by atoms with van der Waals surface area (Å²) in [5.74, 6) is 0. The third kappa shape index (κ3) is 5.88. The maximum absolute atomic E-state index is 5.81. The van der Waals surface area contributed by atoms with E-state index in [1.54, 1.807) is 7.11 Å². The molecule has 0 saturated carbocycles. The van der Waals surface area contributed by atoms with E-state index in [0.29, 0.717) is 13.2 Å². The van der Waals surface area contributed by atoms with E-state index in [2.05, 4.69) is 33.9 Å². The predicted molar refractivity (Wildman–Crippen MR) is 86.4 cm³/mol. The highest BCUT2D eigenvalue weighted by atomic mass is 28.4. The van der Waals surface area contributed by atoms with Crippen LogP contribution in [-0.4, -0.2) is 28.6 Å². The molecule has 4 nitrogen and oxygen atoms in total. The fraction of sp³-hybridized carbons (Fsp3) is 0.625. The first-order valence-electron chi connectivity index (χ1n) is 7.28. The van der Waals surface area contributed by atoms with Crippen LogP contribution in [-0.2, 0) is 18.9 Å². The number of ether oxygens (including phenoxy) is 2. The summed E-state index contributed by atoms with van der Waals surface area (Å²) in [4.78, 5) is 5.65. The molecule has 0 fully saturated rings. The molecule has 1 atom stereocenters. The van der Waals surface area contributed by atoms with Crippen molar-refractivity contribution in [2.24, 2.45) is 0 Å². The standard InChI is InChI=1S/C16H28O4Si/c1-16(2,3)21(5,6)20-19-15(18-13-12-17-4)14-10-8-7-9-11-14/h7-11,15H,12-13H2,1-6H3. The Hall–Kier alpha value is -0.723. The molecule has 0 heterocycles. The van der Waals surface area contributed by atoms with E-state index in [1.165, 1.54) is 0 Å². The molecule has 21 heavy (non-hydrogen) atoms. The Bertz CT molecular complexity index is 400. The minimum atomic E-state index is -1.98. The highest BCUT2D eigenvalue weighted by molar-refractivity contribution is 6.73. The van der Waals surface area contributed by atoms with E-state index in [-0.39, 0.29) is 5.04 Å². The van der Waals surface area contributed by atoms with Crippen molar-refractivity contribution in [1.82, 2.24) is 0 Å². The summed E-state index contributed by atoms with van der Waals surface area (Å²) in [6, 6.07) is 9.80. The fourth-order valence-corrected chi connectivity index (χ4v) is 1.90. The summed E-state index contributed by atoms with van der Waals surface area (Å²) in [7, 11) is -0.335. The average molecular weight is 312 g/mol. The van der Waals surface area contributed by atoms with E-state index >= 15 is 0 Å². The molecule has 0 amide bonds. The number of hydrogen-bond donors (Lipinski definition) is 0. The Balaban J connectivity index is 2.70. The third-order valence-corrected chi connectivity index (χ3v) is 7.90. The third-order valence-electron chi connectivity index (χ3n) is 3.78. The van der Waals surface area contributed by atoms with E-state index in [9.17, 15) is 0 Å². The van der Waals surface area contributed by atoms with Crippen molar-refractivity contribution in [3.05, 3.63) is 35.9 Å². The molecule has 0 bridgehead atoms. The van der Waals surface area contributed by atoms with Gasteiger partial charge in [-0.05, 0) is 18.1 Å². The molecule has 0 aliphatic rings. The van der Waals surface area contributed by atoms with E-state index in [0.717, 1.165) is 5.56 Å². The topological polar surface area (TPSA) is 36.9 Å². The molecule has 1 aromatic rings. The summed E-state index contributed by atoms with van der Waals surface area (Å²) in [5, 5.41) is 0.0841. The first-order chi connectivity index (χ1) is 9.78. The average Bonchev–Trinajstić information content (AvgIpc) is 2.42. The van der Waals surface area contributed by atoms with Crippen LogP contribution in [0.2, 0.25) is 18.1 Å². The summed E-state index contributed by atoms with van der Waals surface area (Å²) >= 11 is 0. The molecule has 0 N–H and O–H groups in total. The first-order valence-corrected chi connectivity index (χ1v) is 10.2.